The molecule has 0 aromatic heterocycles. The molecule has 0 aliphatic rings. The largest absolute Gasteiger partial charge is 0.480 e. The fourth-order valence-corrected chi connectivity index (χ4v) is 2.03. The number of carbonyl (C=O) groups is 2. The van der Waals surface area contributed by atoms with Crippen LogP contribution in [0.5, 0.6) is 0 Å². The zero-order chi connectivity index (χ0) is 16.0. The monoisotopic (exact) mass is 292 g/mol. The van der Waals surface area contributed by atoms with Crippen LogP contribution >= 0.6 is 0 Å². The lowest BCUT2D eigenvalue weighted by Gasteiger charge is -2.34. The summed E-state index contributed by atoms with van der Waals surface area (Å²) < 4.78 is 0. The highest BCUT2D eigenvalue weighted by Crippen LogP contribution is 2.13. The Hall–Kier alpha value is -2.04. The average molecular weight is 292 g/mol. The molecule has 0 saturated carbocycles. The third-order valence-corrected chi connectivity index (χ3v) is 3.12. The summed E-state index contributed by atoms with van der Waals surface area (Å²) in [4.78, 5) is 24.3. The number of carboxylic acids is 1. The van der Waals surface area contributed by atoms with Crippen LogP contribution in [0.25, 0.3) is 0 Å². The Labute approximate surface area is 126 Å². The van der Waals surface area contributed by atoms with Gasteiger partial charge < -0.3 is 15.3 Å². The van der Waals surface area contributed by atoms with Crippen LogP contribution in [-0.2, 0) is 11.2 Å². The summed E-state index contributed by atoms with van der Waals surface area (Å²) in [5, 5.41) is 11.7. The number of urea groups is 1. The van der Waals surface area contributed by atoms with E-state index in [0.29, 0.717) is 6.54 Å². The van der Waals surface area contributed by atoms with Gasteiger partial charge in [0.1, 0.15) is 6.54 Å². The molecule has 2 N–H and O–H groups in total. The Morgan fingerprint density at radius 3 is 2.48 bits per heavy atom. The molecule has 21 heavy (non-hydrogen) atoms. The molecule has 116 valence electrons. The van der Waals surface area contributed by atoms with E-state index in [-0.39, 0.29) is 12.6 Å². The number of carboxylic acid groups (broad SMARTS) is 1. The molecule has 0 aliphatic heterocycles. The van der Waals surface area contributed by atoms with Gasteiger partial charge in [-0.2, -0.15) is 0 Å². The molecule has 0 heterocycles. The first-order chi connectivity index (χ1) is 9.70. The number of amides is 2. The molecule has 1 aromatic carbocycles. The van der Waals surface area contributed by atoms with E-state index in [1.54, 1.807) is 0 Å². The number of aliphatic carboxylic acids is 1. The van der Waals surface area contributed by atoms with Crippen molar-refractivity contribution in [2.24, 2.45) is 0 Å². The van der Waals surface area contributed by atoms with Crippen LogP contribution in [0.3, 0.4) is 0 Å². The molecule has 1 aromatic rings. The van der Waals surface area contributed by atoms with Gasteiger partial charge in [-0.3, -0.25) is 4.79 Å². The number of carbonyl (C=O) groups excluding carboxylic acids is 1. The summed E-state index contributed by atoms with van der Waals surface area (Å²) in [7, 11) is 0. The van der Waals surface area contributed by atoms with Crippen LogP contribution < -0.4 is 5.32 Å². The average Bonchev–Trinajstić information content (AvgIpc) is 2.34. The Bertz CT molecular complexity index is 506. The van der Waals surface area contributed by atoms with E-state index < -0.39 is 11.5 Å². The number of nitrogens with zero attached hydrogens (tertiary/aromatic N) is 1. The Kier molecular flexibility index (Phi) is 5.76. The van der Waals surface area contributed by atoms with Crippen molar-refractivity contribution in [3.05, 3.63) is 35.4 Å². The zero-order valence-electron chi connectivity index (χ0n) is 13.1. The standard InChI is InChI=1S/C16H24N2O3/c1-12-6-5-7-13(10-12)8-9-17-15(21)18(11-14(19)20)16(2,3)4/h5-7,10H,8-9,11H2,1-4H3,(H,17,21)(H,19,20). The van der Waals surface area contributed by atoms with Gasteiger partial charge in [0.2, 0.25) is 0 Å². The first-order valence-electron chi connectivity index (χ1n) is 7.03. The van der Waals surface area contributed by atoms with Gasteiger partial charge in [-0.25, -0.2) is 4.79 Å². The normalized spacial score (nSPS) is 11.0. The molecule has 5 heteroatoms. The number of aryl methyl sites for hydroxylation is 1. The third kappa shape index (κ3) is 5.85. The number of nitrogens with one attached hydrogen (secondary N) is 1. The van der Waals surface area contributed by atoms with Crippen LogP contribution in [0.1, 0.15) is 31.9 Å². The first-order valence-corrected chi connectivity index (χ1v) is 7.03. The molecular weight excluding hydrogens is 268 g/mol. The Morgan fingerprint density at radius 1 is 1.29 bits per heavy atom. The van der Waals surface area contributed by atoms with Crippen LogP contribution in [0, 0.1) is 6.92 Å². The van der Waals surface area contributed by atoms with E-state index in [0.717, 1.165) is 12.0 Å². The van der Waals surface area contributed by atoms with E-state index in [4.69, 9.17) is 5.11 Å². The smallest absolute Gasteiger partial charge is 0.323 e. The van der Waals surface area contributed by atoms with Crippen molar-refractivity contribution in [2.45, 2.75) is 39.7 Å². The number of benzene rings is 1. The predicted molar refractivity (Wildman–Crippen MR) is 82.4 cm³/mol. The van der Waals surface area contributed by atoms with Crippen molar-refractivity contribution in [1.82, 2.24) is 10.2 Å². The van der Waals surface area contributed by atoms with Crippen molar-refractivity contribution < 1.29 is 14.7 Å². The SMILES string of the molecule is Cc1cccc(CCNC(=O)N(CC(=O)O)C(C)(C)C)c1. The Balaban J connectivity index is 2.56. The van der Waals surface area contributed by atoms with Gasteiger partial charge >= 0.3 is 12.0 Å². The third-order valence-electron chi connectivity index (χ3n) is 3.12. The van der Waals surface area contributed by atoms with Gasteiger partial charge in [0.25, 0.3) is 0 Å². The summed E-state index contributed by atoms with van der Waals surface area (Å²) in [5.74, 6) is -1.02. The summed E-state index contributed by atoms with van der Waals surface area (Å²) in [6.07, 6.45) is 0.721. The predicted octanol–water partition coefficient (Wildman–Crippen LogP) is 2.43. The van der Waals surface area contributed by atoms with E-state index in [2.05, 4.69) is 11.4 Å². The molecule has 0 spiro atoms. The van der Waals surface area contributed by atoms with Gasteiger partial charge in [-0.1, -0.05) is 29.8 Å². The molecule has 5 nitrogen and oxygen atoms in total. The van der Waals surface area contributed by atoms with Crippen molar-refractivity contribution in [1.29, 1.82) is 0 Å². The fourth-order valence-electron chi connectivity index (χ4n) is 2.03. The van der Waals surface area contributed by atoms with Crippen molar-refractivity contribution in [3.63, 3.8) is 0 Å². The number of hydrogen-bond acceptors (Lipinski definition) is 2. The molecule has 0 unspecified atom stereocenters. The molecule has 0 aliphatic carbocycles. The van der Waals surface area contributed by atoms with Gasteiger partial charge in [0, 0.05) is 12.1 Å². The summed E-state index contributed by atoms with van der Waals surface area (Å²) >= 11 is 0. The quantitative estimate of drug-likeness (QED) is 0.875. The second-order valence-electron chi connectivity index (χ2n) is 6.12. The van der Waals surface area contributed by atoms with Gasteiger partial charge in [-0.15, -0.1) is 0 Å². The van der Waals surface area contributed by atoms with E-state index in [1.807, 2.05) is 45.9 Å². The minimum absolute atomic E-state index is 0.306. The lowest BCUT2D eigenvalue weighted by molar-refractivity contribution is -0.138. The number of hydrogen-bond donors (Lipinski definition) is 2. The minimum Gasteiger partial charge on any atom is -0.480 e. The van der Waals surface area contributed by atoms with Gasteiger partial charge in [-0.05, 0) is 39.7 Å². The van der Waals surface area contributed by atoms with Gasteiger partial charge in [0.15, 0.2) is 0 Å². The molecule has 1 rings (SSSR count). The molecule has 0 atom stereocenters. The topological polar surface area (TPSA) is 69.6 Å². The van der Waals surface area contributed by atoms with Crippen LogP contribution in [0.2, 0.25) is 0 Å². The van der Waals surface area contributed by atoms with Crippen LogP contribution in [0.15, 0.2) is 24.3 Å². The number of rotatable bonds is 5. The highest BCUT2D eigenvalue weighted by Gasteiger charge is 2.28. The van der Waals surface area contributed by atoms with E-state index in [1.165, 1.54) is 10.5 Å². The summed E-state index contributed by atoms with van der Waals surface area (Å²) in [6, 6.07) is 7.75. The highest BCUT2D eigenvalue weighted by molar-refractivity contribution is 5.80. The maximum atomic E-state index is 12.1. The molecule has 0 fully saturated rings. The maximum Gasteiger partial charge on any atom is 0.323 e. The fraction of sp³-hybridized carbons (Fsp3) is 0.500. The first kappa shape index (κ1) is 17.0. The molecule has 2 amide bonds. The van der Waals surface area contributed by atoms with Crippen molar-refractivity contribution in [2.75, 3.05) is 13.1 Å². The van der Waals surface area contributed by atoms with Crippen LogP contribution in [0.4, 0.5) is 4.79 Å². The molecular formula is C16H24N2O3. The second kappa shape index (κ2) is 7.11. The maximum absolute atomic E-state index is 12.1. The van der Waals surface area contributed by atoms with Gasteiger partial charge in [0.05, 0.1) is 0 Å². The van der Waals surface area contributed by atoms with Crippen molar-refractivity contribution >= 4 is 12.0 Å². The lowest BCUT2D eigenvalue weighted by Crippen LogP contribution is -2.52. The van der Waals surface area contributed by atoms with Crippen molar-refractivity contribution in [3.8, 4) is 0 Å². The summed E-state index contributed by atoms with van der Waals surface area (Å²) in [6.45, 7) is 7.65. The molecule has 0 bridgehead atoms. The molecule has 0 saturated heterocycles. The summed E-state index contributed by atoms with van der Waals surface area (Å²) in [5.41, 5.74) is 1.79. The highest BCUT2D eigenvalue weighted by atomic mass is 16.4. The molecule has 0 radical (unpaired) electrons. The van der Waals surface area contributed by atoms with E-state index >= 15 is 0 Å². The Morgan fingerprint density at radius 2 is 1.95 bits per heavy atom. The zero-order valence-corrected chi connectivity index (χ0v) is 13.1. The van der Waals surface area contributed by atoms with E-state index in [9.17, 15) is 9.59 Å². The minimum atomic E-state index is -1.02. The van der Waals surface area contributed by atoms with Crippen LogP contribution in [-0.4, -0.2) is 40.6 Å². The lowest BCUT2D eigenvalue weighted by atomic mass is 10.1. The second-order valence-corrected chi connectivity index (χ2v) is 6.12.